The van der Waals surface area contributed by atoms with E-state index in [1.807, 2.05) is 0 Å². The number of aromatic nitrogens is 2. The Labute approximate surface area is 177 Å². The third-order valence-electron chi connectivity index (χ3n) is 5.95. The molecule has 1 aliphatic heterocycles. The zero-order valence-corrected chi connectivity index (χ0v) is 16.8. The molecule has 0 unspecified atom stereocenters. The van der Waals surface area contributed by atoms with E-state index in [2.05, 4.69) is 25.5 Å². The first-order valence-electron chi connectivity index (χ1n) is 10.2. The van der Waals surface area contributed by atoms with Crippen molar-refractivity contribution in [3.05, 3.63) is 41.9 Å². The smallest absolute Gasteiger partial charge is 0.416 e. The minimum absolute atomic E-state index is 0.0584. The third-order valence-corrected chi connectivity index (χ3v) is 5.95. The Morgan fingerprint density at radius 3 is 2.65 bits per heavy atom. The van der Waals surface area contributed by atoms with Gasteiger partial charge in [0.1, 0.15) is 12.1 Å². The number of nitrogens with one attached hydrogen (secondary N) is 2. The Morgan fingerprint density at radius 1 is 1.23 bits per heavy atom. The van der Waals surface area contributed by atoms with Crippen LogP contribution in [-0.4, -0.2) is 57.6 Å². The lowest BCUT2D eigenvalue weighted by Gasteiger charge is -2.46. The summed E-state index contributed by atoms with van der Waals surface area (Å²) in [4.78, 5) is 22.6. The number of rotatable bonds is 5. The van der Waals surface area contributed by atoms with E-state index < -0.39 is 11.7 Å². The van der Waals surface area contributed by atoms with E-state index in [9.17, 15) is 18.0 Å². The normalized spacial score (nSPS) is 20.4. The van der Waals surface area contributed by atoms with E-state index in [1.165, 1.54) is 18.7 Å². The highest BCUT2D eigenvalue weighted by molar-refractivity contribution is 5.91. The van der Waals surface area contributed by atoms with E-state index in [0.717, 1.165) is 56.5 Å². The van der Waals surface area contributed by atoms with Crippen molar-refractivity contribution < 1.29 is 23.1 Å². The summed E-state index contributed by atoms with van der Waals surface area (Å²) in [5.74, 6) is -0.0473. The summed E-state index contributed by atoms with van der Waals surface area (Å²) in [6.45, 7) is 1.47. The molecule has 0 spiro atoms. The number of hydrogen-bond acceptors (Lipinski definition) is 6. The molecular formula is C21H24F3N5O2. The summed E-state index contributed by atoms with van der Waals surface area (Å²) in [5, 5.41) is 15.1. The predicted octanol–water partition coefficient (Wildman–Crippen LogP) is 3.25. The van der Waals surface area contributed by atoms with Gasteiger partial charge in [-0.2, -0.15) is 13.2 Å². The number of hydrogen-bond donors (Lipinski definition) is 3. The van der Waals surface area contributed by atoms with Crippen LogP contribution in [-0.2, 0) is 11.0 Å². The maximum atomic E-state index is 13.0. The molecule has 2 aliphatic rings. The zero-order chi connectivity index (χ0) is 22.0. The highest BCUT2D eigenvalue weighted by Crippen LogP contribution is 2.32. The Hall–Kier alpha value is -2.88. The van der Waals surface area contributed by atoms with Gasteiger partial charge in [0.05, 0.1) is 29.9 Å². The summed E-state index contributed by atoms with van der Waals surface area (Å²) >= 11 is 0. The number of aliphatic hydroxyl groups excluding tert-OH is 1. The summed E-state index contributed by atoms with van der Waals surface area (Å²) in [5.41, 5.74) is 0.667. The monoisotopic (exact) mass is 435 g/mol. The Balaban J connectivity index is 1.28. The summed E-state index contributed by atoms with van der Waals surface area (Å²) < 4.78 is 39.0. The Kier molecular flexibility index (Phi) is 5.99. The second-order valence-electron chi connectivity index (χ2n) is 8.04. The van der Waals surface area contributed by atoms with Gasteiger partial charge in [-0.15, -0.1) is 0 Å². The van der Waals surface area contributed by atoms with Gasteiger partial charge in [0.15, 0.2) is 0 Å². The van der Waals surface area contributed by atoms with Crippen LogP contribution in [0.5, 0.6) is 0 Å². The number of carbonyl (C=O) groups is 1. The summed E-state index contributed by atoms with van der Waals surface area (Å²) in [6.07, 6.45) is 1.82. The minimum atomic E-state index is -4.47. The first-order valence-corrected chi connectivity index (χ1v) is 10.2. The largest absolute Gasteiger partial charge is 0.516 e. The number of likely N-dealkylation sites (tertiary alicyclic amines) is 1. The van der Waals surface area contributed by atoms with E-state index >= 15 is 0 Å². The molecule has 1 aromatic carbocycles. The van der Waals surface area contributed by atoms with Gasteiger partial charge < -0.3 is 15.7 Å². The molecule has 1 amide bonds. The number of anilines is 1. The van der Waals surface area contributed by atoms with Crippen LogP contribution in [0.15, 0.2) is 36.4 Å². The Bertz CT molecular complexity index is 979. The van der Waals surface area contributed by atoms with Crippen LogP contribution < -0.4 is 10.6 Å². The van der Waals surface area contributed by atoms with E-state index in [1.54, 1.807) is 0 Å². The van der Waals surface area contributed by atoms with Crippen LogP contribution >= 0.6 is 0 Å². The molecule has 2 heterocycles. The van der Waals surface area contributed by atoms with Crippen molar-refractivity contribution in [2.24, 2.45) is 0 Å². The standard InChI is InChI=1S/C21H24F3N5O2/c22-21(23,24)14-3-6-18-17(7-14)20(27-12-26-18)25-8-19(31)28-15-9-29(10-15)16-4-1-13(11-30)2-5-16/h3,6-7,11-12,15-16,30H,1-2,4-5,8-10H2,(H,28,31)(H,25,26,27). The van der Waals surface area contributed by atoms with Gasteiger partial charge in [0.25, 0.3) is 0 Å². The molecule has 1 saturated carbocycles. The lowest BCUT2D eigenvalue weighted by atomic mass is 9.88. The molecule has 166 valence electrons. The number of carbonyl (C=O) groups excluding carboxylic acids is 1. The summed E-state index contributed by atoms with van der Waals surface area (Å²) in [6, 6.07) is 3.79. The lowest BCUT2D eigenvalue weighted by Crippen LogP contribution is -2.62. The van der Waals surface area contributed by atoms with Gasteiger partial charge >= 0.3 is 6.18 Å². The number of alkyl halides is 3. The van der Waals surface area contributed by atoms with Crippen molar-refractivity contribution in [3.63, 3.8) is 0 Å². The number of halogens is 3. The van der Waals surface area contributed by atoms with Crippen LogP contribution in [0.25, 0.3) is 10.9 Å². The van der Waals surface area contributed by atoms with Gasteiger partial charge in [-0.1, -0.05) is 0 Å². The van der Waals surface area contributed by atoms with E-state index in [4.69, 9.17) is 5.11 Å². The molecule has 2 fully saturated rings. The highest BCUT2D eigenvalue weighted by atomic mass is 19.4. The molecule has 3 N–H and O–H groups in total. The van der Waals surface area contributed by atoms with Crippen molar-refractivity contribution in [2.75, 3.05) is 25.0 Å². The van der Waals surface area contributed by atoms with Crippen LogP contribution in [0.2, 0.25) is 0 Å². The van der Waals surface area contributed by atoms with E-state index in [0.29, 0.717) is 11.6 Å². The number of amides is 1. The molecule has 1 aromatic heterocycles. The zero-order valence-electron chi connectivity index (χ0n) is 16.8. The summed E-state index contributed by atoms with van der Waals surface area (Å²) in [7, 11) is 0. The fourth-order valence-corrected chi connectivity index (χ4v) is 4.19. The fourth-order valence-electron chi connectivity index (χ4n) is 4.19. The molecule has 2 aromatic rings. The third kappa shape index (κ3) is 4.90. The van der Waals surface area contributed by atoms with Gasteiger partial charge in [0, 0.05) is 24.5 Å². The number of aliphatic hydroxyl groups is 1. The highest BCUT2D eigenvalue weighted by Gasteiger charge is 2.34. The van der Waals surface area contributed by atoms with Gasteiger partial charge in [-0.25, -0.2) is 9.97 Å². The molecule has 4 rings (SSSR count). The molecular weight excluding hydrogens is 411 g/mol. The lowest BCUT2D eigenvalue weighted by molar-refractivity contribution is -0.137. The maximum absolute atomic E-state index is 13.0. The van der Waals surface area contributed by atoms with Crippen LogP contribution in [0.1, 0.15) is 31.2 Å². The SMILES string of the molecule is O=C(CNc1ncnc2ccc(C(F)(F)F)cc12)NC1CN(C2CCC(=CO)CC2)C1. The van der Waals surface area contributed by atoms with Crippen molar-refractivity contribution in [2.45, 2.75) is 43.9 Å². The number of allylic oxidation sites excluding steroid dienone is 1. The average molecular weight is 435 g/mol. The van der Waals surface area contributed by atoms with Crippen molar-refractivity contribution in [1.29, 1.82) is 0 Å². The molecule has 1 saturated heterocycles. The van der Waals surface area contributed by atoms with Crippen molar-refractivity contribution in [3.8, 4) is 0 Å². The van der Waals surface area contributed by atoms with Crippen molar-refractivity contribution in [1.82, 2.24) is 20.2 Å². The quantitative estimate of drug-likeness (QED) is 0.625. The average Bonchev–Trinajstić information content (AvgIpc) is 2.73. The van der Waals surface area contributed by atoms with Crippen molar-refractivity contribution >= 4 is 22.6 Å². The van der Waals surface area contributed by atoms with Crippen LogP contribution in [0.3, 0.4) is 0 Å². The van der Waals surface area contributed by atoms with Crippen LogP contribution in [0.4, 0.5) is 19.0 Å². The molecule has 10 heteroatoms. The first kappa shape index (κ1) is 21.4. The second-order valence-corrected chi connectivity index (χ2v) is 8.04. The van der Waals surface area contributed by atoms with Gasteiger partial charge in [-0.3, -0.25) is 9.69 Å². The molecule has 31 heavy (non-hydrogen) atoms. The minimum Gasteiger partial charge on any atom is -0.516 e. The topological polar surface area (TPSA) is 90.4 Å². The number of nitrogens with zero attached hydrogens (tertiary/aromatic N) is 3. The number of benzene rings is 1. The van der Waals surface area contributed by atoms with Crippen LogP contribution in [0, 0.1) is 0 Å². The van der Waals surface area contributed by atoms with Gasteiger partial charge in [0.2, 0.25) is 5.91 Å². The molecule has 0 bridgehead atoms. The molecule has 7 nitrogen and oxygen atoms in total. The molecule has 1 aliphatic carbocycles. The second kappa shape index (κ2) is 8.70. The predicted molar refractivity (Wildman–Crippen MR) is 110 cm³/mol. The Morgan fingerprint density at radius 2 is 1.97 bits per heavy atom. The number of fused-ring (bicyclic) bond motifs is 1. The van der Waals surface area contributed by atoms with E-state index in [-0.39, 0.29) is 29.7 Å². The maximum Gasteiger partial charge on any atom is 0.416 e. The first-order chi connectivity index (χ1) is 14.8. The molecule has 0 radical (unpaired) electrons. The van der Waals surface area contributed by atoms with Gasteiger partial charge in [-0.05, 0) is 49.5 Å². The fraction of sp³-hybridized carbons (Fsp3) is 0.476. The molecule has 0 atom stereocenters.